The van der Waals surface area contributed by atoms with E-state index >= 15 is 0 Å². The van der Waals surface area contributed by atoms with Crippen LogP contribution in [0.5, 0.6) is 11.5 Å². The van der Waals surface area contributed by atoms with Gasteiger partial charge in [0, 0.05) is 44.1 Å². The number of fused-ring (bicyclic) bond motifs is 2. The minimum Gasteiger partial charge on any atom is -0.395 e. The summed E-state index contributed by atoms with van der Waals surface area (Å²) in [6.45, 7) is 3.10. The summed E-state index contributed by atoms with van der Waals surface area (Å²) in [5.74, 6) is -0.0236. The van der Waals surface area contributed by atoms with E-state index in [1.54, 1.807) is 6.07 Å². The van der Waals surface area contributed by atoms with Gasteiger partial charge in [-0.2, -0.15) is 0 Å². The lowest BCUT2D eigenvalue weighted by Gasteiger charge is -2.32. The Morgan fingerprint density at radius 1 is 0.905 bits per heavy atom. The zero-order valence-electron chi connectivity index (χ0n) is 22.9. The second kappa shape index (κ2) is 9.77. The van der Waals surface area contributed by atoms with E-state index in [4.69, 9.17) is 4.98 Å². The Balaban J connectivity index is 0.00000329. The maximum absolute atomic E-state index is 13.6. The second-order valence-corrected chi connectivity index (χ2v) is 11.1. The zero-order chi connectivity index (χ0) is 29.1. The molecule has 42 heavy (non-hydrogen) atoms. The van der Waals surface area contributed by atoms with Gasteiger partial charge in [-0.1, -0.05) is 42.5 Å². The first kappa shape index (κ1) is 26.3. The normalized spacial score (nSPS) is 18.6. The predicted octanol–water partition coefficient (Wildman–Crippen LogP) is 5.53. The van der Waals surface area contributed by atoms with Crippen molar-refractivity contribution in [3.8, 4) is 22.8 Å². The average Bonchev–Trinajstić information content (AvgIpc) is 3.74. The number of likely N-dealkylation sites (N-methyl/N-ethyl adjacent to an activating group) is 1. The van der Waals surface area contributed by atoms with Gasteiger partial charge in [0.2, 0.25) is 5.91 Å². The number of nitrogens with zero attached hydrogens (tertiary/aromatic N) is 3. The quantitative estimate of drug-likeness (QED) is 0.339. The highest BCUT2D eigenvalue weighted by Crippen LogP contribution is 2.52. The third-order valence-electron chi connectivity index (χ3n) is 8.32. The van der Waals surface area contributed by atoms with Crippen LogP contribution in [-0.4, -0.2) is 66.1 Å². The van der Waals surface area contributed by atoms with Crippen molar-refractivity contribution in [2.75, 3.05) is 38.5 Å². The number of carbonyl (C=O) groups excluding carboxylic acids is 2. The Hall–Kier alpha value is -4.57. The van der Waals surface area contributed by atoms with Crippen LogP contribution in [0.25, 0.3) is 22.0 Å². The molecule has 216 valence electrons. The molecule has 3 aromatic carbocycles. The van der Waals surface area contributed by atoms with Crippen LogP contribution in [-0.2, 0) is 10.2 Å². The van der Waals surface area contributed by atoms with Crippen LogP contribution >= 0.6 is 0 Å². The van der Waals surface area contributed by atoms with Crippen LogP contribution in [0, 0.1) is 0 Å². The maximum Gasteiger partial charge on any atom is 0.586 e. The van der Waals surface area contributed by atoms with Crippen LogP contribution in [0.4, 0.5) is 14.6 Å². The fourth-order valence-electron chi connectivity index (χ4n) is 5.70. The van der Waals surface area contributed by atoms with Crippen molar-refractivity contribution in [1.82, 2.24) is 14.8 Å². The summed E-state index contributed by atoms with van der Waals surface area (Å²) >= 11 is 0. The fourth-order valence-corrected chi connectivity index (χ4v) is 5.70. The Morgan fingerprint density at radius 3 is 2.36 bits per heavy atom. The number of benzene rings is 3. The number of pyridine rings is 1. The van der Waals surface area contributed by atoms with Crippen molar-refractivity contribution >= 4 is 28.4 Å². The summed E-state index contributed by atoms with van der Waals surface area (Å²) in [5, 5.41) is 4.77. The number of amides is 2. The van der Waals surface area contributed by atoms with Crippen molar-refractivity contribution in [2.45, 2.75) is 24.6 Å². The van der Waals surface area contributed by atoms with Gasteiger partial charge in [0.1, 0.15) is 5.82 Å². The van der Waals surface area contributed by atoms with Gasteiger partial charge in [-0.05, 0) is 61.2 Å². The highest BCUT2D eigenvalue weighted by molar-refractivity contribution is 6.04. The lowest BCUT2D eigenvalue weighted by Crippen LogP contribution is -2.47. The first-order chi connectivity index (χ1) is 20.2. The van der Waals surface area contributed by atoms with Gasteiger partial charge in [-0.3, -0.25) is 9.59 Å². The molecule has 0 atom stereocenters. The number of nitrogens with one attached hydrogen (secondary N) is 1. The Morgan fingerprint density at radius 2 is 1.62 bits per heavy atom. The third-order valence-corrected chi connectivity index (χ3v) is 8.32. The molecule has 0 bridgehead atoms. The molecule has 10 heteroatoms. The molecule has 3 heterocycles. The molecular weight excluding hydrogens is 542 g/mol. The first-order valence-electron chi connectivity index (χ1n) is 13.9. The average molecular weight is 573 g/mol. The molecule has 1 saturated heterocycles. The molecule has 7 rings (SSSR count). The molecule has 0 spiro atoms. The van der Waals surface area contributed by atoms with E-state index in [9.17, 15) is 18.4 Å². The lowest BCUT2D eigenvalue weighted by molar-refractivity contribution is -0.286. The number of carbonyl (C=O) groups is 2. The SMILES string of the molecule is CN1CCN(C(=O)c2ccc(-c3nc(NC(=O)C4(c5ccc6c(c5)OC(F)(F)O6)CC4)cc4ccccc34)cc2)CC1.[HH]. The van der Waals surface area contributed by atoms with E-state index in [2.05, 4.69) is 26.7 Å². The van der Waals surface area contributed by atoms with Gasteiger partial charge in [0.25, 0.3) is 5.91 Å². The van der Waals surface area contributed by atoms with Crippen LogP contribution < -0.4 is 14.8 Å². The largest absolute Gasteiger partial charge is 0.586 e. The van der Waals surface area contributed by atoms with Gasteiger partial charge >= 0.3 is 6.29 Å². The third kappa shape index (κ3) is 4.71. The summed E-state index contributed by atoms with van der Waals surface area (Å²) in [5.41, 5.74) is 1.83. The van der Waals surface area contributed by atoms with Crippen LogP contribution in [0.1, 0.15) is 30.2 Å². The molecule has 1 saturated carbocycles. The van der Waals surface area contributed by atoms with Crippen LogP contribution in [0.3, 0.4) is 0 Å². The summed E-state index contributed by atoms with van der Waals surface area (Å²) in [4.78, 5) is 35.5. The van der Waals surface area contributed by atoms with E-state index in [0.29, 0.717) is 48.6 Å². The molecule has 2 amide bonds. The second-order valence-electron chi connectivity index (χ2n) is 11.1. The van der Waals surface area contributed by atoms with Crippen molar-refractivity contribution in [3.05, 3.63) is 83.9 Å². The number of anilines is 1. The van der Waals surface area contributed by atoms with Gasteiger partial charge < -0.3 is 24.6 Å². The highest BCUT2D eigenvalue weighted by Gasteiger charge is 2.53. The number of ether oxygens (including phenoxy) is 2. The maximum atomic E-state index is 13.6. The minimum absolute atomic E-state index is 0. The number of aromatic nitrogens is 1. The van der Waals surface area contributed by atoms with Crippen molar-refractivity contribution < 1.29 is 29.3 Å². The number of hydrogen-bond donors (Lipinski definition) is 1. The summed E-state index contributed by atoms with van der Waals surface area (Å²) in [6.07, 6.45) is -2.59. The molecule has 0 radical (unpaired) electrons. The Kier molecular flexibility index (Phi) is 6.12. The molecule has 2 fully saturated rings. The molecule has 3 aliphatic rings. The number of hydrogen-bond acceptors (Lipinski definition) is 6. The van der Waals surface area contributed by atoms with E-state index in [0.717, 1.165) is 29.4 Å². The van der Waals surface area contributed by atoms with Crippen LogP contribution in [0.15, 0.2) is 72.8 Å². The lowest BCUT2D eigenvalue weighted by atomic mass is 9.94. The minimum atomic E-state index is -3.72. The smallest absolute Gasteiger partial charge is 0.395 e. The van der Waals surface area contributed by atoms with E-state index < -0.39 is 11.7 Å². The molecule has 4 aromatic rings. The number of halogens is 2. The molecule has 1 aromatic heterocycles. The van der Waals surface area contributed by atoms with Crippen molar-refractivity contribution in [2.24, 2.45) is 0 Å². The van der Waals surface area contributed by atoms with Gasteiger partial charge in [0.15, 0.2) is 11.5 Å². The van der Waals surface area contributed by atoms with E-state index in [1.165, 1.54) is 12.1 Å². The molecule has 0 unspecified atom stereocenters. The summed E-state index contributed by atoms with van der Waals surface area (Å²) in [6, 6.07) is 21.5. The molecule has 1 N–H and O–H groups in total. The Labute approximate surface area is 242 Å². The predicted molar refractivity (Wildman–Crippen MR) is 155 cm³/mol. The van der Waals surface area contributed by atoms with Gasteiger partial charge in [-0.15, -0.1) is 8.78 Å². The highest BCUT2D eigenvalue weighted by atomic mass is 19.3. The Bertz CT molecular complexity index is 1720. The molecular formula is C32H30F2N4O4. The van der Waals surface area contributed by atoms with Gasteiger partial charge in [0.05, 0.1) is 11.1 Å². The van der Waals surface area contributed by atoms with Crippen molar-refractivity contribution in [1.29, 1.82) is 0 Å². The van der Waals surface area contributed by atoms with E-state index in [1.807, 2.05) is 59.5 Å². The molecule has 1 aliphatic carbocycles. The summed E-state index contributed by atoms with van der Waals surface area (Å²) < 4.78 is 36.2. The topological polar surface area (TPSA) is 84.0 Å². The first-order valence-corrected chi connectivity index (χ1v) is 13.9. The monoisotopic (exact) mass is 572 g/mol. The summed E-state index contributed by atoms with van der Waals surface area (Å²) in [7, 11) is 2.05. The van der Waals surface area contributed by atoms with Crippen molar-refractivity contribution in [3.63, 3.8) is 0 Å². The standard InChI is InChI=1S/C32H28F2N4O4.H2/c1-37-14-16-38(17-15-37)29(39)21-8-6-20(7-9-21)28-24-5-3-2-4-22(24)18-27(35-28)36-30(40)31(12-13-31)23-10-11-25-26(19-23)42-32(33,34)41-25;/h2-11,18-19H,12-17H2,1H3,(H,35,36,40);1H. The van der Waals surface area contributed by atoms with E-state index in [-0.39, 0.29) is 24.7 Å². The number of alkyl halides is 2. The fraction of sp³-hybridized carbons (Fsp3) is 0.281. The number of rotatable bonds is 5. The molecule has 2 aliphatic heterocycles. The zero-order valence-corrected chi connectivity index (χ0v) is 22.9. The number of piperazine rings is 1. The van der Waals surface area contributed by atoms with Crippen LogP contribution in [0.2, 0.25) is 0 Å². The van der Waals surface area contributed by atoms with Gasteiger partial charge in [-0.25, -0.2) is 4.98 Å². The molecule has 8 nitrogen and oxygen atoms in total.